The van der Waals surface area contributed by atoms with E-state index in [1.54, 1.807) is 6.20 Å². The Morgan fingerprint density at radius 3 is 2.80 bits per heavy atom. The predicted octanol–water partition coefficient (Wildman–Crippen LogP) is 0.582. The summed E-state index contributed by atoms with van der Waals surface area (Å²) < 4.78 is 27.4. The van der Waals surface area contributed by atoms with Gasteiger partial charge in [-0.15, -0.1) is 0 Å². The van der Waals surface area contributed by atoms with E-state index in [0.29, 0.717) is 24.9 Å². The van der Waals surface area contributed by atoms with E-state index in [2.05, 4.69) is 20.6 Å². The fourth-order valence-electron chi connectivity index (χ4n) is 3.94. The number of hydrogen-bond acceptors (Lipinski definition) is 9. The fraction of sp³-hybridized carbons (Fsp3) is 0.450. The van der Waals surface area contributed by atoms with Crippen LogP contribution < -0.4 is 20.1 Å². The van der Waals surface area contributed by atoms with Gasteiger partial charge in [-0.3, -0.25) is 4.79 Å². The van der Waals surface area contributed by atoms with Crippen LogP contribution in [-0.2, 0) is 19.0 Å². The number of anilines is 1. The van der Waals surface area contributed by atoms with Gasteiger partial charge < -0.3 is 34.3 Å². The van der Waals surface area contributed by atoms with E-state index >= 15 is 0 Å². The van der Waals surface area contributed by atoms with Crippen molar-refractivity contribution in [3.63, 3.8) is 0 Å². The number of carbonyl (C=O) groups is 1. The third kappa shape index (κ3) is 3.64. The fourth-order valence-corrected chi connectivity index (χ4v) is 3.94. The molecule has 3 aliphatic rings. The highest BCUT2D eigenvalue weighted by atomic mass is 16.7. The summed E-state index contributed by atoms with van der Waals surface area (Å²) in [6, 6.07) is 7.21. The summed E-state index contributed by atoms with van der Waals surface area (Å²) in [4.78, 5) is 20.8. The molecule has 10 heteroatoms. The van der Waals surface area contributed by atoms with Gasteiger partial charge in [-0.05, 0) is 24.3 Å². The summed E-state index contributed by atoms with van der Waals surface area (Å²) in [5.41, 5.74) is 1.67. The number of ether oxygens (including phenoxy) is 5. The predicted molar refractivity (Wildman–Crippen MR) is 104 cm³/mol. The number of benzene rings is 1. The molecule has 1 aromatic carbocycles. The molecule has 0 spiro atoms. The summed E-state index contributed by atoms with van der Waals surface area (Å²) in [5, 5.41) is 6.20. The molecule has 30 heavy (non-hydrogen) atoms. The van der Waals surface area contributed by atoms with E-state index in [-0.39, 0.29) is 43.6 Å². The standard InChI is InChI=1S/C20H22N4O6/c1-26-9-17(25)22-13-7-27-19-14(8-28-18(13)19)24-20-21-5-4-12(23-20)11-2-3-15-16(6-11)30-10-29-15/h2-6,13-14,18-19H,7-10H2,1H3,(H,22,25)(H,21,23,24). The maximum atomic E-state index is 11.8. The van der Waals surface area contributed by atoms with Gasteiger partial charge in [-0.2, -0.15) is 0 Å². The van der Waals surface area contributed by atoms with E-state index in [1.165, 1.54) is 7.11 Å². The van der Waals surface area contributed by atoms with Crippen LogP contribution in [-0.4, -0.2) is 73.9 Å². The van der Waals surface area contributed by atoms with Crippen molar-refractivity contribution in [2.24, 2.45) is 0 Å². The first-order valence-electron chi connectivity index (χ1n) is 9.72. The normalized spacial score (nSPS) is 26.4. The molecule has 2 saturated heterocycles. The first-order chi connectivity index (χ1) is 14.7. The maximum Gasteiger partial charge on any atom is 0.246 e. The SMILES string of the molecule is COCC(=O)NC1COC2C(Nc3nccc(-c4ccc5c(c4)OCO5)n3)COC12. The van der Waals surface area contributed by atoms with Gasteiger partial charge >= 0.3 is 0 Å². The monoisotopic (exact) mass is 414 g/mol. The molecule has 1 aromatic heterocycles. The van der Waals surface area contributed by atoms with E-state index in [9.17, 15) is 4.79 Å². The number of hydrogen-bond donors (Lipinski definition) is 2. The Morgan fingerprint density at radius 2 is 1.93 bits per heavy atom. The summed E-state index contributed by atoms with van der Waals surface area (Å²) in [6.45, 7) is 1.06. The molecule has 0 radical (unpaired) electrons. The lowest BCUT2D eigenvalue weighted by Gasteiger charge is -2.18. The van der Waals surface area contributed by atoms with E-state index in [1.807, 2.05) is 24.3 Å². The van der Waals surface area contributed by atoms with Crippen molar-refractivity contribution < 1.29 is 28.5 Å². The van der Waals surface area contributed by atoms with Crippen LogP contribution in [0.1, 0.15) is 0 Å². The zero-order valence-corrected chi connectivity index (χ0v) is 16.4. The second-order valence-corrected chi connectivity index (χ2v) is 7.29. The number of aromatic nitrogens is 2. The number of carbonyl (C=O) groups excluding carboxylic acids is 1. The molecule has 3 aliphatic heterocycles. The first kappa shape index (κ1) is 19.0. The lowest BCUT2D eigenvalue weighted by molar-refractivity contribution is -0.126. The third-order valence-electron chi connectivity index (χ3n) is 5.31. The Bertz CT molecular complexity index is 941. The molecule has 5 rings (SSSR count). The molecule has 4 atom stereocenters. The van der Waals surface area contributed by atoms with Crippen LogP contribution in [0.4, 0.5) is 5.95 Å². The van der Waals surface area contributed by atoms with Crippen molar-refractivity contribution in [3.05, 3.63) is 30.5 Å². The van der Waals surface area contributed by atoms with Crippen molar-refractivity contribution >= 4 is 11.9 Å². The van der Waals surface area contributed by atoms with Gasteiger partial charge in [0.05, 0.1) is 31.0 Å². The van der Waals surface area contributed by atoms with Crippen molar-refractivity contribution in [1.29, 1.82) is 0 Å². The number of fused-ring (bicyclic) bond motifs is 2. The quantitative estimate of drug-likeness (QED) is 0.701. The lowest BCUT2D eigenvalue weighted by atomic mass is 10.1. The second kappa shape index (κ2) is 8.05. The minimum atomic E-state index is -0.222. The van der Waals surface area contributed by atoms with Gasteiger partial charge in [0.1, 0.15) is 18.8 Å². The van der Waals surface area contributed by atoms with Crippen molar-refractivity contribution in [3.8, 4) is 22.8 Å². The van der Waals surface area contributed by atoms with Crippen molar-refractivity contribution in [2.75, 3.05) is 39.0 Å². The van der Waals surface area contributed by atoms with Gasteiger partial charge in [0, 0.05) is 18.9 Å². The van der Waals surface area contributed by atoms with Crippen LogP contribution in [0.5, 0.6) is 11.5 Å². The Kier molecular flexibility index (Phi) is 5.11. The van der Waals surface area contributed by atoms with Crippen LogP contribution in [0, 0.1) is 0 Å². The Balaban J connectivity index is 1.26. The van der Waals surface area contributed by atoms with Gasteiger partial charge in [-0.1, -0.05) is 0 Å². The highest BCUT2D eigenvalue weighted by Crippen LogP contribution is 2.35. The minimum Gasteiger partial charge on any atom is -0.454 e. The average molecular weight is 414 g/mol. The molecule has 1 amide bonds. The van der Waals surface area contributed by atoms with E-state index in [0.717, 1.165) is 17.0 Å². The summed E-state index contributed by atoms with van der Waals surface area (Å²) in [6.07, 6.45) is 1.28. The Morgan fingerprint density at radius 1 is 1.13 bits per heavy atom. The lowest BCUT2D eigenvalue weighted by Crippen LogP contribution is -2.45. The number of nitrogens with zero attached hydrogens (tertiary/aromatic N) is 2. The molecule has 0 saturated carbocycles. The molecule has 0 aliphatic carbocycles. The molecule has 4 heterocycles. The first-order valence-corrected chi connectivity index (χ1v) is 9.72. The summed E-state index contributed by atoms with van der Waals surface area (Å²) >= 11 is 0. The van der Waals surface area contributed by atoms with Crippen molar-refractivity contribution in [2.45, 2.75) is 24.3 Å². The summed E-state index contributed by atoms with van der Waals surface area (Å²) in [7, 11) is 1.48. The molecule has 2 fully saturated rings. The molecule has 2 N–H and O–H groups in total. The minimum absolute atomic E-state index is 0.00998. The smallest absolute Gasteiger partial charge is 0.246 e. The molecule has 2 aromatic rings. The van der Waals surface area contributed by atoms with Crippen LogP contribution in [0.3, 0.4) is 0 Å². The highest BCUT2D eigenvalue weighted by molar-refractivity contribution is 5.77. The third-order valence-corrected chi connectivity index (χ3v) is 5.31. The van der Waals surface area contributed by atoms with E-state index < -0.39 is 0 Å². The van der Waals surface area contributed by atoms with Gasteiger partial charge in [-0.25, -0.2) is 9.97 Å². The number of nitrogens with one attached hydrogen (secondary N) is 2. The molecule has 0 bridgehead atoms. The van der Waals surface area contributed by atoms with Gasteiger partial charge in [0.2, 0.25) is 18.6 Å². The maximum absolute atomic E-state index is 11.8. The number of methoxy groups -OCH3 is 1. The second-order valence-electron chi connectivity index (χ2n) is 7.29. The molecule has 158 valence electrons. The zero-order chi connectivity index (χ0) is 20.5. The molecule has 10 nitrogen and oxygen atoms in total. The van der Waals surface area contributed by atoms with Crippen LogP contribution in [0.15, 0.2) is 30.5 Å². The van der Waals surface area contributed by atoms with Gasteiger partial charge in [0.15, 0.2) is 11.5 Å². The highest BCUT2D eigenvalue weighted by Gasteiger charge is 2.48. The Hall–Kier alpha value is -2.95. The molecular weight excluding hydrogens is 392 g/mol. The average Bonchev–Trinajstić information content (AvgIpc) is 3.46. The topological polar surface area (TPSA) is 113 Å². The largest absolute Gasteiger partial charge is 0.454 e. The van der Waals surface area contributed by atoms with Crippen molar-refractivity contribution in [1.82, 2.24) is 15.3 Å². The number of amides is 1. The molecule has 4 unspecified atom stereocenters. The van der Waals surface area contributed by atoms with Gasteiger partial charge in [0.25, 0.3) is 0 Å². The van der Waals surface area contributed by atoms with Crippen LogP contribution >= 0.6 is 0 Å². The van der Waals surface area contributed by atoms with Crippen LogP contribution in [0.25, 0.3) is 11.3 Å². The number of rotatable bonds is 6. The summed E-state index contributed by atoms with van der Waals surface area (Å²) in [5.74, 6) is 1.72. The zero-order valence-electron chi connectivity index (χ0n) is 16.4. The van der Waals surface area contributed by atoms with Crippen LogP contribution in [0.2, 0.25) is 0 Å². The molecular formula is C20H22N4O6. The Labute approximate surface area is 172 Å². The van der Waals surface area contributed by atoms with E-state index in [4.69, 9.17) is 23.7 Å².